The normalized spacial score (nSPS) is 9.75. The quantitative estimate of drug-likeness (QED) is 0.721. The minimum Gasteiger partial charge on any atom is -0.451 e. The fourth-order valence-corrected chi connectivity index (χ4v) is 0.816. The Morgan fingerprint density at radius 1 is 1.75 bits per heavy atom. The van der Waals surface area contributed by atoms with Gasteiger partial charge in [-0.25, -0.2) is 4.98 Å². The lowest BCUT2D eigenvalue weighted by molar-refractivity contribution is -0.120. The van der Waals surface area contributed by atoms with Gasteiger partial charge in [0.1, 0.15) is 6.26 Å². The molecule has 1 aromatic rings. The van der Waals surface area contributed by atoms with Crippen LogP contribution in [0.2, 0.25) is 0 Å². The number of carbonyl (C=O) groups excluding carboxylic acids is 1. The molecule has 12 heavy (non-hydrogen) atoms. The molecule has 0 unspecified atom stereocenters. The van der Waals surface area contributed by atoms with Gasteiger partial charge >= 0.3 is 0 Å². The summed E-state index contributed by atoms with van der Waals surface area (Å²) >= 11 is 0. The molecule has 4 heteroatoms. The first-order chi connectivity index (χ1) is 5.83. The smallest absolute Gasteiger partial charge is 0.226 e. The number of amides is 1. The van der Waals surface area contributed by atoms with Crippen molar-refractivity contribution < 1.29 is 9.21 Å². The van der Waals surface area contributed by atoms with Crippen molar-refractivity contribution >= 4 is 5.91 Å². The first kappa shape index (κ1) is 8.77. The fraction of sp³-hybridized carbons (Fsp3) is 0.500. The van der Waals surface area contributed by atoms with E-state index < -0.39 is 0 Å². The van der Waals surface area contributed by atoms with Gasteiger partial charge in [-0.15, -0.1) is 0 Å². The molecule has 1 rings (SSSR count). The predicted octanol–water partition coefficient (Wildman–Crippen LogP) is 0.743. The van der Waals surface area contributed by atoms with Gasteiger partial charge in [0.25, 0.3) is 0 Å². The summed E-state index contributed by atoms with van der Waals surface area (Å²) in [6, 6.07) is 0. The second-order valence-corrected chi connectivity index (χ2v) is 2.51. The molecule has 1 aromatic heterocycles. The second-order valence-electron chi connectivity index (χ2n) is 2.51. The van der Waals surface area contributed by atoms with E-state index in [9.17, 15) is 4.79 Å². The van der Waals surface area contributed by atoms with E-state index in [1.54, 1.807) is 0 Å². The summed E-state index contributed by atoms with van der Waals surface area (Å²) in [5.74, 6) is -0.00856. The lowest BCUT2D eigenvalue weighted by Gasteiger charge is -1.99. The van der Waals surface area contributed by atoms with E-state index in [4.69, 9.17) is 4.42 Å². The molecule has 0 aliphatic carbocycles. The van der Waals surface area contributed by atoms with E-state index in [0.29, 0.717) is 12.1 Å². The van der Waals surface area contributed by atoms with Crippen molar-refractivity contribution in [2.75, 3.05) is 6.54 Å². The molecule has 0 saturated carbocycles. The van der Waals surface area contributed by atoms with E-state index in [0.717, 1.165) is 13.0 Å². The van der Waals surface area contributed by atoms with Crippen LogP contribution in [0.1, 0.15) is 19.0 Å². The van der Waals surface area contributed by atoms with E-state index in [1.807, 2.05) is 6.92 Å². The van der Waals surface area contributed by atoms with Crippen molar-refractivity contribution in [1.29, 1.82) is 0 Å². The maximum atomic E-state index is 11.1. The Kier molecular flexibility index (Phi) is 3.32. The fourth-order valence-electron chi connectivity index (χ4n) is 0.816. The highest BCUT2D eigenvalue weighted by Gasteiger charge is 2.03. The topological polar surface area (TPSA) is 55.1 Å². The Balaban J connectivity index is 2.27. The van der Waals surface area contributed by atoms with Crippen LogP contribution in [-0.2, 0) is 11.2 Å². The van der Waals surface area contributed by atoms with Crippen molar-refractivity contribution in [3.05, 3.63) is 18.4 Å². The van der Waals surface area contributed by atoms with Crippen molar-refractivity contribution in [3.63, 3.8) is 0 Å². The summed E-state index contributed by atoms with van der Waals surface area (Å²) in [5.41, 5.74) is 0.670. The highest BCUT2D eigenvalue weighted by atomic mass is 16.3. The molecule has 1 amide bonds. The van der Waals surface area contributed by atoms with Gasteiger partial charge in [0.2, 0.25) is 5.91 Å². The zero-order valence-corrected chi connectivity index (χ0v) is 7.04. The second kappa shape index (κ2) is 4.54. The minimum atomic E-state index is -0.00856. The van der Waals surface area contributed by atoms with Crippen molar-refractivity contribution in [2.24, 2.45) is 0 Å². The number of hydrogen-bond acceptors (Lipinski definition) is 3. The largest absolute Gasteiger partial charge is 0.451 e. The molecule has 66 valence electrons. The van der Waals surface area contributed by atoms with Gasteiger partial charge in [-0.1, -0.05) is 6.92 Å². The van der Waals surface area contributed by atoms with Gasteiger partial charge in [0.15, 0.2) is 6.39 Å². The minimum absolute atomic E-state index is 0.00856. The van der Waals surface area contributed by atoms with Crippen LogP contribution >= 0.6 is 0 Å². The molecule has 0 bridgehead atoms. The molecule has 1 heterocycles. The van der Waals surface area contributed by atoms with Crippen LogP contribution in [-0.4, -0.2) is 17.4 Å². The highest BCUT2D eigenvalue weighted by molar-refractivity contribution is 5.77. The summed E-state index contributed by atoms with van der Waals surface area (Å²) < 4.78 is 4.73. The lowest BCUT2D eigenvalue weighted by atomic mass is 10.3. The zero-order valence-electron chi connectivity index (χ0n) is 7.04. The molecular formula is C8H12N2O2. The van der Waals surface area contributed by atoms with Crippen molar-refractivity contribution in [2.45, 2.75) is 19.8 Å². The first-order valence-electron chi connectivity index (χ1n) is 3.96. The summed E-state index contributed by atoms with van der Waals surface area (Å²) in [6.07, 6.45) is 4.05. The van der Waals surface area contributed by atoms with Gasteiger partial charge in [0, 0.05) is 6.54 Å². The number of nitrogens with zero attached hydrogens (tertiary/aromatic N) is 1. The molecule has 0 radical (unpaired) electrons. The summed E-state index contributed by atoms with van der Waals surface area (Å²) in [4.78, 5) is 14.9. The van der Waals surface area contributed by atoms with E-state index in [1.165, 1.54) is 12.7 Å². The number of carbonyl (C=O) groups is 1. The third-order valence-electron chi connectivity index (χ3n) is 1.40. The number of oxazole rings is 1. The maximum Gasteiger partial charge on any atom is 0.226 e. The predicted molar refractivity (Wildman–Crippen MR) is 43.5 cm³/mol. The maximum absolute atomic E-state index is 11.1. The van der Waals surface area contributed by atoms with E-state index in [2.05, 4.69) is 10.3 Å². The average Bonchev–Trinajstić information content (AvgIpc) is 2.53. The third kappa shape index (κ3) is 2.74. The Bertz CT molecular complexity index is 231. The van der Waals surface area contributed by atoms with Crippen LogP contribution in [0.4, 0.5) is 0 Å². The molecule has 0 saturated heterocycles. The van der Waals surface area contributed by atoms with Crippen LogP contribution < -0.4 is 5.32 Å². The van der Waals surface area contributed by atoms with Crippen LogP contribution in [0.15, 0.2) is 17.1 Å². The molecule has 4 nitrogen and oxygen atoms in total. The molecule has 0 aliphatic heterocycles. The Morgan fingerprint density at radius 3 is 3.17 bits per heavy atom. The first-order valence-corrected chi connectivity index (χ1v) is 3.96. The zero-order chi connectivity index (χ0) is 8.81. The molecule has 1 N–H and O–H groups in total. The molecular weight excluding hydrogens is 156 g/mol. The van der Waals surface area contributed by atoms with Gasteiger partial charge < -0.3 is 9.73 Å². The van der Waals surface area contributed by atoms with Crippen molar-refractivity contribution in [3.8, 4) is 0 Å². The Morgan fingerprint density at radius 2 is 2.58 bits per heavy atom. The standard InChI is InChI=1S/C8H12N2O2/c1-2-3-9-8(11)4-7-5-12-6-10-7/h5-6H,2-4H2,1H3,(H,9,11). The van der Waals surface area contributed by atoms with Gasteiger partial charge in [-0.05, 0) is 6.42 Å². The van der Waals surface area contributed by atoms with Crippen LogP contribution in [0.5, 0.6) is 0 Å². The SMILES string of the molecule is CCCNC(=O)Cc1cocn1. The van der Waals surface area contributed by atoms with Gasteiger partial charge in [0.05, 0.1) is 12.1 Å². The molecule has 0 atom stereocenters. The van der Waals surface area contributed by atoms with Gasteiger partial charge in [-0.2, -0.15) is 0 Å². The number of aromatic nitrogens is 1. The van der Waals surface area contributed by atoms with Crippen LogP contribution in [0, 0.1) is 0 Å². The summed E-state index contributed by atoms with van der Waals surface area (Å²) in [6.45, 7) is 2.73. The molecule has 0 spiro atoms. The van der Waals surface area contributed by atoms with Crippen molar-refractivity contribution in [1.82, 2.24) is 10.3 Å². The Hall–Kier alpha value is -1.32. The summed E-state index contributed by atoms with van der Waals surface area (Å²) in [7, 11) is 0. The number of hydrogen-bond donors (Lipinski definition) is 1. The van der Waals surface area contributed by atoms with Crippen LogP contribution in [0.25, 0.3) is 0 Å². The lowest BCUT2D eigenvalue weighted by Crippen LogP contribution is -2.25. The Labute approximate surface area is 71.0 Å². The van der Waals surface area contributed by atoms with Crippen LogP contribution in [0.3, 0.4) is 0 Å². The van der Waals surface area contributed by atoms with E-state index in [-0.39, 0.29) is 5.91 Å². The number of nitrogens with one attached hydrogen (secondary N) is 1. The van der Waals surface area contributed by atoms with Gasteiger partial charge in [-0.3, -0.25) is 4.79 Å². The molecule has 0 fully saturated rings. The highest BCUT2D eigenvalue weighted by Crippen LogP contribution is 1.94. The number of rotatable bonds is 4. The third-order valence-corrected chi connectivity index (χ3v) is 1.40. The van der Waals surface area contributed by atoms with E-state index >= 15 is 0 Å². The molecule has 0 aromatic carbocycles. The summed E-state index contributed by atoms with van der Waals surface area (Å²) in [5, 5.41) is 2.75. The average molecular weight is 168 g/mol. The monoisotopic (exact) mass is 168 g/mol. The molecule has 0 aliphatic rings.